The van der Waals surface area contributed by atoms with Crippen LogP contribution in [0.15, 0.2) is 11.6 Å². The minimum absolute atomic E-state index is 0.0143. The van der Waals surface area contributed by atoms with E-state index in [1.165, 1.54) is 6.92 Å². The van der Waals surface area contributed by atoms with E-state index in [0.717, 1.165) is 11.4 Å². The Morgan fingerprint density at radius 2 is 2.46 bits per heavy atom. The van der Waals surface area contributed by atoms with Gasteiger partial charge < -0.3 is 5.32 Å². The van der Waals surface area contributed by atoms with E-state index in [1.807, 2.05) is 19.2 Å². The Hall–Kier alpha value is -0.900. The molecule has 1 aromatic rings. The number of rotatable bonds is 3. The average Bonchev–Trinajstić information content (AvgIpc) is 2.55. The zero-order valence-corrected chi connectivity index (χ0v) is 8.94. The maximum atomic E-state index is 11.0. The number of hydrogen-bond donors (Lipinski definition) is 1. The van der Waals surface area contributed by atoms with Gasteiger partial charge in [-0.15, -0.1) is 11.3 Å². The Bertz CT molecular complexity index is 284. The Balaban J connectivity index is 2.87. The minimum atomic E-state index is -0.306. The minimum Gasteiger partial charge on any atom is -0.345 e. The summed E-state index contributed by atoms with van der Waals surface area (Å²) in [7, 11) is 0. The number of nitrogens with zero attached hydrogens (tertiary/aromatic N) is 1. The molecule has 3 nitrogen and oxygen atoms in total. The predicted molar refractivity (Wildman–Crippen MR) is 53.6 cm³/mol. The van der Waals surface area contributed by atoms with E-state index >= 15 is 0 Å². The maximum absolute atomic E-state index is 11.0. The number of amides is 1. The topological polar surface area (TPSA) is 42.0 Å². The third-order valence-corrected chi connectivity index (χ3v) is 3.10. The fraction of sp³-hybridized carbons (Fsp3) is 0.556. The first-order valence-corrected chi connectivity index (χ1v) is 5.15. The normalized spacial score (nSPS) is 15.0. The fourth-order valence-electron chi connectivity index (χ4n) is 1.18. The van der Waals surface area contributed by atoms with E-state index in [4.69, 9.17) is 0 Å². The van der Waals surface area contributed by atoms with Crippen LogP contribution in [-0.2, 0) is 10.3 Å². The summed E-state index contributed by atoms with van der Waals surface area (Å²) in [6, 6.07) is 0. The summed E-state index contributed by atoms with van der Waals surface area (Å²) in [5.74, 6) is -0.0143. The van der Waals surface area contributed by atoms with Crippen LogP contribution in [0.1, 0.15) is 32.2 Å². The SMILES string of the molecule is CCC(C)(NC(C)=O)c1nccs1. The first-order valence-electron chi connectivity index (χ1n) is 4.27. The summed E-state index contributed by atoms with van der Waals surface area (Å²) in [5.41, 5.74) is -0.306. The van der Waals surface area contributed by atoms with Crippen LogP contribution in [0, 0.1) is 0 Å². The summed E-state index contributed by atoms with van der Waals surface area (Å²) in [6.07, 6.45) is 2.61. The number of aromatic nitrogens is 1. The quantitative estimate of drug-likeness (QED) is 0.806. The lowest BCUT2D eigenvalue weighted by atomic mass is 10.00. The molecule has 1 amide bonds. The monoisotopic (exact) mass is 198 g/mol. The standard InChI is InChI=1S/C9H14N2OS/c1-4-9(3,11-7(2)12)8-10-5-6-13-8/h5-6H,4H2,1-3H3,(H,11,12). The van der Waals surface area contributed by atoms with Crippen molar-refractivity contribution < 1.29 is 4.79 Å². The maximum Gasteiger partial charge on any atom is 0.217 e. The van der Waals surface area contributed by atoms with Crippen molar-refractivity contribution in [2.24, 2.45) is 0 Å². The zero-order chi connectivity index (χ0) is 9.90. The summed E-state index contributed by atoms with van der Waals surface area (Å²) < 4.78 is 0. The molecule has 0 aliphatic carbocycles. The smallest absolute Gasteiger partial charge is 0.217 e. The van der Waals surface area contributed by atoms with Crippen LogP contribution in [0.2, 0.25) is 0 Å². The second-order valence-corrected chi connectivity index (χ2v) is 4.10. The lowest BCUT2D eigenvalue weighted by Gasteiger charge is -2.26. The largest absolute Gasteiger partial charge is 0.345 e. The van der Waals surface area contributed by atoms with Gasteiger partial charge in [0.25, 0.3) is 0 Å². The number of carbonyl (C=O) groups excluding carboxylic acids is 1. The van der Waals surface area contributed by atoms with Gasteiger partial charge in [-0.3, -0.25) is 4.79 Å². The Morgan fingerprint density at radius 3 is 2.85 bits per heavy atom. The highest BCUT2D eigenvalue weighted by Gasteiger charge is 2.27. The van der Waals surface area contributed by atoms with Gasteiger partial charge in [-0.25, -0.2) is 4.98 Å². The molecule has 0 aliphatic rings. The lowest BCUT2D eigenvalue weighted by molar-refractivity contribution is -0.120. The highest BCUT2D eigenvalue weighted by Crippen LogP contribution is 2.25. The molecule has 0 aromatic carbocycles. The zero-order valence-electron chi connectivity index (χ0n) is 8.13. The van der Waals surface area contributed by atoms with Crippen molar-refractivity contribution in [3.63, 3.8) is 0 Å². The molecule has 1 atom stereocenters. The van der Waals surface area contributed by atoms with Crippen molar-refractivity contribution in [2.75, 3.05) is 0 Å². The van der Waals surface area contributed by atoms with Crippen molar-refractivity contribution >= 4 is 17.2 Å². The van der Waals surface area contributed by atoms with Gasteiger partial charge in [0.05, 0.1) is 5.54 Å². The lowest BCUT2D eigenvalue weighted by Crippen LogP contribution is -2.41. The van der Waals surface area contributed by atoms with Crippen LogP contribution in [0.25, 0.3) is 0 Å². The molecule has 13 heavy (non-hydrogen) atoms. The van der Waals surface area contributed by atoms with Gasteiger partial charge in [0.2, 0.25) is 5.91 Å². The summed E-state index contributed by atoms with van der Waals surface area (Å²) in [6.45, 7) is 5.56. The summed E-state index contributed by atoms with van der Waals surface area (Å²) in [5, 5.41) is 5.80. The summed E-state index contributed by atoms with van der Waals surface area (Å²) >= 11 is 1.57. The molecule has 1 N–H and O–H groups in total. The first kappa shape index (κ1) is 10.2. The van der Waals surface area contributed by atoms with Crippen LogP contribution in [0.4, 0.5) is 0 Å². The van der Waals surface area contributed by atoms with Gasteiger partial charge in [-0.2, -0.15) is 0 Å². The molecule has 0 radical (unpaired) electrons. The van der Waals surface area contributed by atoms with Gasteiger partial charge in [0, 0.05) is 18.5 Å². The third kappa shape index (κ3) is 2.28. The van der Waals surface area contributed by atoms with Gasteiger partial charge >= 0.3 is 0 Å². The van der Waals surface area contributed by atoms with Crippen molar-refractivity contribution in [3.05, 3.63) is 16.6 Å². The predicted octanol–water partition coefficient (Wildman–Crippen LogP) is 1.90. The molecular formula is C9H14N2OS. The van der Waals surface area contributed by atoms with E-state index in [-0.39, 0.29) is 11.4 Å². The molecule has 1 heterocycles. The van der Waals surface area contributed by atoms with Gasteiger partial charge in [0.15, 0.2) is 0 Å². The first-order chi connectivity index (χ1) is 6.08. The van der Waals surface area contributed by atoms with Gasteiger partial charge in [-0.05, 0) is 13.3 Å². The molecule has 0 saturated carbocycles. The van der Waals surface area contributed by atoms with E-state index in [2.05, 4.69) is 10.3 Å². The Morgan fingerprint density at radius 1 is 1.77 bits per heavy atom. The number of thiazole rings is 1. The molecule has 0 saturated heterocycles. The molecule has 1 rings (SSSR count). The van der Waals surface area contributed by atoms with Gasteiger partial charge in [-0.1, -0.05) is 6.92 Å². The highest BCUT2D eigenvalue weighted by atomic mass is 32.1. The molecule has 1 unspecified atom stereocenters. The third-order valence-electron chi connectivity index (χ3n) is 2.06. The molecule has 0 bridgehead atoms. The highest BCUT2D eigenvalue weighted by molar-refractivity contribution is 7.09. The van der Waals surface area contributed by atoms with E-state index in [0.29, 0.717) is 0 Å². The van der Waals surface area contributed by atoms with Crippen molar-refractivity contribution in [1.29, 1.82) is 0 Å². The molecule has 0 fully saturated rings. The van der Waals surface area contributed by atoms with Crippen LogP contribution in [0.5, 0.6) is 0 Å². The molecule has 0 spiro atoms. The number of carbonyl (C=O) groups is 1. The van der Waals surface area contributed by atoms with Crippen LogP contribution in [-0.4, -0.2) is 10.9 Å². The molecular weight excluding hydrogens is 184 g/mol. The Labute approximate surface area is 82.2 Å². The van der Waals surface area contributed by atoms with E-state index in [1.54, 1.807) is 17.5 Å². The van der Waals surface area contributed by atoms with E-state index < -0.39 is 0 Å². The second-order valence-electron chi connectivity index (χ2n) is 3.20. The van der Waals surface area contributed by atoms with Gasteiger partial charge in [0.1, 0.15) is 5.01 Å². The van der Waals surface area contributed by atoms with Crippen molar-refractivity contribution in [1.82, 2.24) is 10.3 Å². The van der Waals surface area contributed by atoms with Crippen molar-refractivity contribution in [2.45, 2.75) is 32.7 Å². The fourth-order valence-corrected chi connectivity index (χ4v) is 2.01. The molecule has 0 aliphatic heterocycles. The average molecular weight is 198 g/mol. The van der Waals surface area contributed by atoms with E-state index in [9.17, 15) is 4.79 Å². The van der Waals surface area contributed by atoms with Crippen molar-refractivity contribution in [3.8, 4) is 0 Å². The molecule has 1 aromatic heterocycles. The van der Waals surface area contributed by atoms with Crippen LogP contribution >= 0.6 is 11.3 Å². The van der Waals surface area contributed by atoms with Crippen LogP contribution < -0.4 is 5.32 Å². The number of nitrogens with one attached hydrogen (secondary N) is 1. The van der Waals surface area contributed by atoms with Crippen LogP contribution in [0.3, 0.4) is 0 Å². The number of hydrogen-bond acceptors (Lipinski definition) is 3. The molecule has 4 heteroatoms. The Kier molecular flexibility index (Phi) is 3.03. The molecule has 72 valence electrons. The summed E-state index contributed by atoms with van der Waals surface area (Å²) in [4.78, 5) is 15.2. The second kappa shape index (κ2) is 3.87.